The number of rotatable bonds is 7. The molecule has 0 atom stereocenters. The molecule has 0 bridgehead atoms. The standard InChI is InChI=1S/C17H22F2N4O2S.HI/c1-11-22-13(10-26-11)9-23(3)17(20-2)21-8-12-5-6-14(24-4)15(7-12)25-16(18)19;/h5-7,10,16H,8-9H2,1-4H3,(H,20,21);1H. The molecule has 27 heavy (non-hydrogen) atoms. The van der Waals surface area contributed by atoms with Crippen LogP contribution < -0.4 is 14.8 Å². The van der Waals surface area contributed by atoms with E-state index in [-0.39, 0.29) is 35.5 Å². The number of hydrogen-bond donors (Lipinski definition) is 1. The monoisotopic (exact) mass is 512 g/mol. The maximum Gasteiger partial charge on any atom is 0.387 e. The van der Waals surface area contributed by atoms with Gasteiger partial charge in [-0.05, 0) is 24.6 Å². The van der Waals surface area contributed by atoms with Gasteiger partial charge in [-0.3, -0.25) is 4.99 Å². The van der Waals surface area contributed by atoms with Crippen molar-refractivity contribution in [2.45, 2.75) is 26.6 Å². The van der Waals surface area contributed by atoms with Gasteiger partial charge in [-0.2, -0.15) is 8.78 Å². The number of halogens is 3. The second-order valence-corrected chi connectivity index (χ2v) is 6.54. The van der Waals surface area contributed by atoms with Crippen LogP contribution in [0.5, 0.6) is 11.5 Å². The average Bonchev–Trinajstić information content (AvgIpc) is 3.00. The summed E-state index contributed by atoms with van der Waals surface area (Å²) in [5.74, 6) is 0.931. The van der Waals surface area contributed by atoms with Crippen LogP contribution in [0.3, 0.4) is 0 Å². The Morgan fingerprint density at radius 1 is 1.37 bits per heavy atom. The topological polar surface area (TPSA) is 59.0 Å². The zero-order valence-corrected chi connectivity index (χ0v) is 18.7. The Morgan fingerprint density at radius 2 is 2.11 bits per heavy atom. The van der Waals surface area contributed by atoms with Crippen molar-refractivity contribution in [1.82, 2.24) is 15.2 Å². The van der Waals surface area contributed by atoms with Crippen molar-refractivity contribution in [2.75, 3.05) is 21.2 Å². The van der Waals surface area contributed by atoms with Gasteiger partial charge in [-0.15, -0.1) is 35.3 Å². The zero-order chi connectivity index (χ0) is 19.1. The highest BCUT2D eigenvalue weighted by atomic mass is 127. The van der Waals surface area contributed by atoms with E-state index in [4.69, 9.17) is 4.74 Å². The Morgan fingerprint density at radius 3 is 2.67 bits per heavy atom. The van der Waals surface area contributed by atoms with Gasteiger partial charge in [0.1, 0.15) is 0 Å². The van der Waals surface area contributed by atoms with Crippen LogP contribution >= 0.6 is 35.3 Å². The summed E-state index contributed by atoms with van der Waals surface area (Å²) in [5.41, 5.74) is 1.73. The van der Waals surface area contributed by atoms with Crippen molar-refractivity contribution >= 4 is 41.3 Å². The molecule has 1 aromatic heterocycles. The summed E-state index contributed by atoms with van der Waals surface area (Å²) in [7, 11) is 5.00. The number of aliphatic imine (C=N–C) groups is 1. The van der Waals surface area contributed by atoms with Crippen LogP contribution in [0.2, 0.25) is 0 Å². The summed E-state index contributed by atoms with van der Waals surface area (Å²) in [5, 5.41) is 6.22. The fraction of sp³-hybridized carbons (Fsp3) is 0.412. The Bertz CT molecular complexity index is 758. The quantitative estimate of drug-likeness (QED) is 0.347. The number of aryl methyl sites for hydroxylation is 1. The highest BCUT2D eigenvalue weighted by Crippen LogP contribution is 2.29. The van der Waals surface area contributed by atoms with E-state index in [1.807, 2.05) is 24.3 Å². The summed E-state index contributed by atoms with van der Waals surface area (Å²) in [4.78, 5) is 10.6. The summed E-state index contributed by atoms with van der Waals surface area (Å²) in [6.07, 6.45) is 0. The van der Waals surface area contributed by atoms with Crippen molar-refractivity contribution in [3.05, 3.63) is 39.8 Å². The minimum Gasteiger partial charge on any atom is -0.493 e. The molecule has 2 aromatic rings. The minimum absolute atomic E-state index is 0. The predicted octanol–water partition coefficient (Wildman–Crippen LogP) is 3.89. The lowest BCUT2D eigenvalue weighted by molar-refractivity contribution is -0.0512. The number of methoxy groups -OCH3 is 1. The molecule has 0 radical (unpaired) electrons. The number of guanidine groups is 1. The average molecular weight is 512 g/mol. The summed E-state index contributed by atoms with van der Waals surface area (Å²) >= 11 is 1.60. The smallest absolute Gasteiger partial charge is 0.387 e. The van der Waals surface area contributed by atoms with E-state index in [9.17, 15) is 8.78 Å². The second-order valence-electron chi connectivity index (χ2n) is 5.48. The maximum absolute atomic E-state index is 12.5. The zero-order valence-electron chi connectivity index (χ0n) is 15.5. The van der Waals surface area contributed by atoms with Crippen LogP contribution in [0.4, 0.5) is 8.78 Å². The van der Waals surface area contributed by atoms with Crippen LogP contribution in [0.25, 0.3) is 0 Å². The fourth-order valence-corrected chi connectivity index (χ4v) is 2.99. The first kappa shape index (κ1) is 23.3. The highest BCUT2D eigenvalue weighted by molar-refractivity contribution is 14.0. The number of aromatic nitrogens is 1. The molecule has 10 heteroatoms. The molecule has 1 aromatic carbocycles. The molecule has 0 saturated carbocycles. The van der Waals surface area contributed by atoms with Gasteiger partial charge in [0.25, 0.3) is 0 Å². The molecule has 0 aliphatic rings. The third kappa shape index (κ3) is 7.09. The lowest BCUT2D eigenvalue weighted by Crippen LogP contribution is -2.38. The molecule has 0 amide bonds. The number of benzene rings is 1. The van der Waals surface area contributed by atoms with Crippen LogP contribution in [-0.4, -0.2) is 43.7 Å². The minimum atomic E-state index is -2.91. The van der Waals surface area contributed by atoms with E-state index in [1.54, 1.807) is 30.5 Å². The van der Waals surface area contributed by atoms with Crippen molar-refractivity contribution in [3.63, 3.8) is 0 Å². The molecule has 0 fully saturated rings. The summed E-state index contributed by atoms with van der Waals surface area (Å²) in [6.45, 7) is 0.0696. The van der Waals surface area contributed by atoms with Gasteiger partial charge in [0.15, 0.2) is 17.5 Å². The van der Waals surface area contributed by atoms with Crippen molar-refractivity contribution in [3.8, 4) is 11.5 Å². The molecule has 150 valence electrons. The van der Waals surface area contributed by atoms with Gasteiger partial charge >= 0.3 is 6.61 Å². The van der Waals surface area contributed by atoms with E-state index >= 15 is 0 Å². The Kier molecular flexibility index (Phi) is 9.70. The van der Waals surface area contributed by atoms with Gasteiger partial charge in [0, 0.05) is 26.0 Å². The number of alkyl halides is 2. The van der Waals surface area contributed by atoms with Crippen molar-refractivity contribution in [1.29, 1.82) is 0 Å². The molecular formula is C17H23F2IN4O2S. The van der Waals surface area contributed by atoms with Crippen LogP contribution in [0.1, 0.15) is 16.3 Å². The van der Waals surface area contributed by atoms with Crippen molar-refractivity contribution < 1.29 is 18.3 Å². The van der Waals surface area contributed by atoms with Gasteiger partial charge in [0.2, 0.25) is 0 Å². The van der Waals surface area contributed by atoms with Crippen LogP contribution in [0.15, 0.2) is 28.6 Å². The number of thiazole rings is 1. The summed E-state index contributed by atoms with van der Waals surface area (Å²) < 4.78 is 34.6. The van der Waals surface area contributed by atoms with E-state index in [1.165, 1.54) is 13.2 Å². The first-order valence-corrected chi connectivity index (χ1v) is 8.75. The molecule has 6 nitrogen and oxygen atoms in total. The van der Waals surface area contributed by atoms with E-state index < -0.39 is 6.61 Å². The molecular weight excluding hydrogens is 489 g/mol. The molecule has 0 spiro atoms. The lowest BCUT2D eigenvalue weighted by atomic mass is 10.2. The van der Waals surface area contributed by atoms with Gasteiger partial charge < -0.3 is 19.7 Å². The number of nitrogens with zero attached hydrogens (tertiary/aromatic N) is 3. The van der Waals surface area contributed by atoms with E-state index in [0.29, 0.717) is 19.0 Å². The first-order chi connectivity index (χ1) is 12.4. The fourth-order valence-electron chi connectivity index (χ4n) is 2.38. The molecule has 0 aliphatic carbocycles. The molecule has 0 aliphatic heterocycles. The Labute approximate surface area is 178 Å². The van der Waals surface area contributed by atoms with Gasteiger partial charge in [-0.1, -0.05) is 6.07 Å². The van der Waals surface area contributed by atoms with E-state index in [0.717, 1.165) is 16.3 Å². The number of hydrogen-bond acceptors (Lipinski definition) is 5. The molecule has 0 saturated heterocycles. The van der Waals surface area contributed by atoms with E-state index in [2.05, 4.69) is 20.0 Å². The van der Waals surface area contributed by atoms with Crippen LogP contribution in [0, 0.1) is 6.92 Å². The molecule has 1 heterocycles. The summed E-state index contributed by atoms with van der Waals surface area (Å²) in [6, 6.07) is 4.90. The largest absolute Gasteiger partial charge is 0.493 e. The number of ether oxygens (including phenoxy) is 2. The third-order valence-electron chi connectivity index (χ3n) is 3.53. The lowest BCUT2D eigenvalue weighted by Gasteiger charge is -2.21. The molecule has 1 N–H and O–H groups in total. The molecule has 0 unspecified atom stereocenters. The highest BCUT2D eigenvalue weighted by Gasteiger charge is 2.13. The first-order valence-electron chi connectivity index (χ1n) is 7.87. The van der Waals surface area contributed by atoms with Gasteiger partial charge in [-0.25, -0.2) is 4.98 Å². The Hall–Kier alpha value is -1.69. The SMILES string of the molecule is CN=C(NCc1ccc(OC)c(OC(F)F)c1)N(C)Cc1csc(C)n1.I. The predicted molar refractivity (Wildman–Crippen MR) is 114 cm³/mol. The maximum atomic E-state index is 12.5. The third-order valence-corrected chi connectivity index (χ3v) is 4.36. The number of nitrogens with one attached hydrogen (secondary N) is 1. The van der Waals surface area contributed by atoms with Crippen LogP contribution in [-0.2, 0) is 13.1 Å². The van der Waals surface area contributed by atoms with Gasteiger partial charge in [0.05, 0.1) is 24.4 Å². The molecule has 2 rings (SSSR count). The second kappa shape index (κ2) is 11.2. The Balaban J connectivity index is 0.00000364. The van der Waals surface area contributed by atoms with Crippen molar-refractivity contribution in [2.24, 2.45) is 4.99 Å². The normalized spacial score (nSPS) is 11.1.